The van der Waals surface area contributed by atoms with Gasteiger partial charge in [0, 0.05) is 21.3 Å². The lowest BCUT2D eigenvalue weighted by Crippen LogP contribution is -2.40. The molecule has 0 aliphatic heterocycles. The molecule has 0 heterocycles. The van der Waals surface area contributed by atoms with E-state index in [1.165, 1.54) is 25.7 Å². The number of rotatable bonds is 11. The fourth-order valence-electron chi connectivity index (χ4n) is 1.59. The van der Waals surface area contributed by atoms with Gasteiger partial charge in [0.1, 0.15) is 0 Å². The molecule has 0 aliphatic carbocycles. The van der Waals surface area contributed by atoms with Gasteiger partial charge < -0.3 is 13.3 Å². The molecule has 0 saturated carbocycles. The summed E-state index contributed by atoms with van der Waals surface area (Å²) in [6, 6.07) is 0. The Morgan fingerprint density at radius 2 is 1.41 bits per heavy atom. The summed E-state index contributed by atoms with van der Waals surface area (Å²) in [6.07, 6.45) is 11.3. The van der Waals surface area contributed by atoms with E-state index in [0.29, 0.717) is 0 Å². The molecule has 100 valence electrons. The zero-order valence-corrected chi connectivity index (χ0v) is 12.4. The van der Waals surface area contributed by atoms with Crippen LogP contribution in [0.2, 0.25) is 0 Å². The van der Waals surface area contributed by atoms with Gasteiger partial charge in [0.25, 0.3) is 0 Å². The molecular weight excluding hydrogens is 232 g/mol. The van der Waals surface area contributed by atoms with Gasteiger partial charge in [-0.15, -0.1) is 6.58 Å². The molecule has 0 fully saturated rings. The molecule has 3 nitrogen and oxygen atoms in total. The molecule has 17 heavy (non-hydrogen) atoms. The van der Waals surface area contributed by atoms with Crippen LogP contribution in [0.15, 0.2) is 24.4 Å². The van der Waals surface area contributed by atoms with Crippen LogP contribution in [0.3, 0.4) is 0 Å². The van der Waals surface area contributed by atoms with E-state index in [1.807, 2.05) is 11.8 Å². The van der Waals surface area contributed by atoms with Crippen LogP contribution in [0, 0.1) is 0 Å². The molecule has 0 bridgehead atoms. The Balaban J connectivity index is 3.67. The maximum atomic E-state index is 5.29. The van der Waals surface area contributed by atoms with Gasteiger partial charge in [-0.05, 0) is 31.4 Å². The van der Waals surface area contributed by atoms with Crippen molar-refractivity contribution in [2.24, 2.45) is 0 Å². The molecule has 0 aliphatic rings. The van der Waals surface area contributed by atoms with Crippen LogP contribution in [0.1, 0.15) is 38.5 Å². The van der Waals surface area contributed by atoms with Crippen LogP contribution in [-0.4, -0.2) is 30.1 Å². The Hall–Kier alpha value is -0.423. The monoisotopic (exact) mass is 258 g/mol. The van der Waals surface area contributed by atoms with Gasteiger partial charge in [0.2, 0.25) is 0 Å². The van der Waals surface area contributed by atoms with Crippen molar-refractivity contribution in [1.82, 2.24) is 0 Å². The molecule has 0 radical (unpaired) electrons. The molecule has 0 saturated heterocycles. The quantitative estimate of drug-likeness (QED) is 0.322. The normalized spacial score (nSPS) is 12.2. The minimum absolute atomic E-state index is 1.05. The SMILES string of the molecule is C=CCCCCCC/C=C/[Si](OC)(OC)OC. The summed E-state index contributed by atoms with van der Waals surface area (Å²) < 4.78 is 15.9. The van der Waals surface area contributed by atoms with Gasteiger partial charge in [-0.2, -0.15) is 0 Å². The number of hydrogen-bond donors (Lipinski definition) is 0. The maximum absolute atomic E-state index is 5.29. The summed E-state index contributed by atoms with van der Waals surface area (Å²) in [6.45, 7) is 3.71. The third-order valence-corrected chi connectivity index (χ3v) is 5.06. The summed E-state index contributed by atoms with van der Waals surface area (Å²) in [7, 11) is 2.38. The lowest BCUT2D eigenvalue weighted by molar-refractivity contribution is 0.138. The van der Waals surface area contributed by atoms with E-state index in [4.69, 9.17) is 13.3 Å². The van der Waals surface area contributed by atoms with Crippen LogP contribution in [0.4, 0.5) is 0 Å². The molecule has 0 aromatic carbocycles. The van der Waals surface area contributed by atoms with E-state index < -0.39 is 8.80 Å². The van der Waals surface area contributed by atoms with Crippen molar-refractivity contribution >= 4 is 8.80 Å². The standard InChI is InChI=1S/C13H26O3Si/c1-5-6-7-8-9-10-11-12-13-17(14-2,15-3)16-4/h5,12-13H,1,6-11H2,2-4H3/b13-12+. The van der Waals surface area contributed by atoms with Gasteiger partial charge >= 0.3 is 8.80 Å². The van der Waals surface area contributed by atoms with E-state index >= 15 is 0 Å². The fraction of sp³-hybridized carbons (Fsp3) is 0.692. The summed E-state index contributed by atoms with van der Waals surface area (Å²) in [5.41, 5.74) is 1.96. The van der Waals surface area contributed by atoms with Gasteiger partial charge in [0.15, 0.2) is 0 Å². The molecule has 0 aromatic heterocycles. The molecule has 0 spiro atoms. The van der Waals surface area contributed by atoms with E-state index in [0.717, 1.165) is 12.8 Å². The number of allylic oxidation sites excluding steroid dienone is 2. The zero-order valence-electron chi connectivity index (χ0n) is 11.4. The third-order valence-electron chi connectivity index (χ3n) is 2.70. The Bertz CT molecular complexity index is 204. The smallest absolute Gasteiger partial charge is 0.374 e. The molecule has 0 atom stereocenters. The average molecular weight is 258 g/mol. The lowest BCUT2D eigenvalue weighted by Gasteiger charge is -2.20. The highest BCUT2D eigenvalue weighted by Gasteiger charge is 2.33. The minimum Gasteiger partial charge on any atom is -0.374 e. The van der Waals surface area contributed by atoms with E-state index in [-0.39, 0.29) is 0 Å². The minimum atomic E-state index is -2.49. The molecular formula is C13H26O3Si. The van der Waals surface area contributed by atoms with Crippen molar-refractivity contribution in [3.8, 4) is 0 Å². The van der Waals surface area contributed by atoms with Crippen LogP contribution < -0.4 is 0 Å². The van der Waals surface area contributed by atoms with E-state index in [9.17, 15) is 0 Å². The predicted molar refractivity (Wildman–Crippen MR) is 73.8 cm³/mol. The predicted octanol–water partition coefficient (Wildman–Crippen LogP) is 3.49. The van der Waals surface area contributed by atoms with Crippen molar-refractivity contribution in [3.05, 3.63) is 24.4 Å². The molecule has 0 unspecified atom stereocenters. The van der Waals surface area contributed by atoms with Crippen LogP contribution in [0.5, 0.6) is 0 Å². The van der Waals surface area contributed by atoms with Crippen LogP contribution >= 0.6 is 0 Å². The molecule has 0 rings (SSSR count). The van der Waals surface area contributed by atoms with Gasteiger partial charge in [-0.25, -0.2) is 0 Å². The molecule has 0 aromatic rings. The maximum Gasteiger partial charge on any atom is 0.528 e. The number of hydrogen-bond acceptors (Lipinski definition) is 3. The molecule has 0 N–H and O–H groups in total. The first kappa shape index (κ1) is 16.6. The molecule has 4 heteroatoms. The topological polar surface area (TPSA) is 27.7 Å². The number of unbranched alkanes of at least 4 members (excludes halogenated alkanes) is 5. The van der Waals surface area contributed by atoms with Crippen LogP contribution in [-0.2, 0) is 13.3 Å². The Morgan fingerprint density at radius 1 is 0.882 bits per heavy atom. The van der Waals surface area contributed by atoms with Gasteiger partial charge in [-0.1, -0.05) is 25.0 Å². The van der Waals surface area contributed by atoms with Crippen molar-refractivity contribution in [3.63, 3.8) is 0 Å². The first-order chi connectivity index (χ1) is 8.24. The van der Waals surface area contributed by atoms with Crippen molar-refractivity contribution in [2.75, 3.05) is 21.3 Å². The summed E-state index contributed by atoms with van der Waals surface area (Å²) >= 11 is 0. The highest BCUT2D eigenvalue weighted by Crippen LogP contribution is 2.10. The lowest BCUT2D eigenvalue weighted by atomic mass is 10.1. The second-order valence-corrected chi connectivity index (χ2v) is 6.66. The Kier molecular flexibility index (Phi) is 10.4. The summed E-state index contributed by atoms with van der Waals surface area (Å²) in [5.74, 6) is 0. The first-order valence-corrected chi connectivity index (χ1v) is 7.99. The van der Waals surface area contributed by atoms with E-state index in [2.05, 4.69) is 12.7 Å². The second-order valence-electron chi connectivity index (χ2n) is 3.90. The third kappa shape index (κ3) is 7.49. The van der Waals surface area contributed by atoms with Crippen molar-refractivity contribution in [1.29, 1.82) is 0 Å². The van der Waals surface area contributed by atoms with Gasteiger partial charge in [-0.3, -0.25) is 0 Å². The van der Waals surface area contributed by atoms with Crippen LogP contribution in [0.25, 0.3) is 0 Å². The Morgan fingerprint density at radius 3 is 1.88 bits per heavy atom. The summed E-state index contributed by atoms with van der Waals surface area (Å²) in [4.78, 5) is 0. The van der Waals surface area contributed by atoms with Crippen molar-refractivity contribution in [2.45, 2.75) is 38.5 Å². The average Bonchev–Trinajstić information content (AvgIpc) is 2.38. The largest absolute Gasteiger partial charge is 0.528 e. The zero-order chi connectivity index (χ0) is 13.0. The molecule has 0 amide bonds. The highest BCUT2D eigenvalue weighted by molar-refractivity contribution is 6.66. The Labute approximate surface area is 107 Å². The highest BCUT2D eigenvalue weighted by atomic mass is 28.4. The van der Waals surface area contributed by atoms with Crippen molar-refractivity contribution < 1.29 is 13.3 Å². The summed E-state index contributed by atoms with van der Waals surface area (Å²) in [5, 5.41) is 0. The van der Waals surface area contributed by atoms with Gasteiger partial charge in [0.05, 0.1) is 0 Å². The second kappa shape index (κ2) is 10.7. The van der Waals surface area contributed by atoms with E-state index in [1.54, 1.807) is 21.3 Å². The first-order valence-electron chi connectivity index (χ1n) is 6.18. The fourth-order valence-corrected chi connectivity index (χ4v) is 2.95.